The van der Waals surface area contributed by atoms with E-state index in [4.69, 9.17) is 28.3 Å². The number of carbonyl (C=O) groups is 4. The molecule has 10 nitrogen and oxygen atoms in total. The van der Waals surface area contributed by atoms with Crippen molar-refractivity contribution >= 4 is 69.6 Å². The first-order chi connectivity index (χ1) is 25.5. The number of aryl methyl sites for hydroxylation is 1. The highest BCUT2D eigenvalue weighted by Crippen LogP contribution is 2.32. The van der Waals surface area contributed by atoms with Crippen LogP contribution in [0.1, 0.15) is 62.6 Å². The quantitative estimate of drug-likeness (QED) is 0.0956. The molecule has 2 amide bonds. The van der Waals surface area contributed by atoms with Crippen LogP contribution in [-0.4, -0.2) is 43.9 Å². The third kappa shape index (κ3) is 10.6. The van der Waals surface area contributed by atoms with Crippen LogP contribution >= 0.6 is 45.9 Å². The van der Waals surface area contributed by atoms with Crippen molar-refractivity contribution in [3.63, 3.8) is 0 Å². The Balaban J connectivity index is 0.000000204. The second-order valence-electron chi connectivity index (χ2n) is 11.6. The molecule has 0 aliphatic rings. The Hall–Kier alpha value is -5.40. The van der Waals surface area contributed by atoms with Gasteiger partial charge in [0.2, 0.25) is 0 Å². The number of aliphatic carboxylic acids is 2. The van der Waals surface area contributed by atoms with Crippen molar-refractivity contribution in [1.82, 2.24) is 20.6 Å². The largest absolute Gasteiger partial charge is 0.481 e. The number of benzene rings is 4. The molecule has 14 heteroatoms. The van der Waals surface area contributed by atoms with E-state index in [1.165, 1.54) is 22.7 Å². The van der Waals surface area contributed by atoms with Crippen LogP contribution in [0.4, 0.5) is 0 Å². The van der Waals surface area contributed by atoms with Crippen molar-refractivity contribution in [2.24, 2.45) is 0 Å². The normalized spacial score (nSPS) is 11.8. The maximum absolute atomic E-state index is 12.7. The average molecular weight is 788 g/mol. The number of hydrogen-bond donors (Lipinski definition) is 4. The zero-order chi connectivity index (χ0) is 37.9. The van der Waals surface area contributed by atoms with E-state index in [2.05, 4.69) is 20.6 Å². The minimum atomic E-state index is -0.991. The Morgan fingerprint density at radius 1 is 0.623 bits per heavy atom. The Morgan fingerprint density at radius 3 is 1.55 bits per heavy atom. The average Bonchev–Trinajstić information content (AvgIpc) is 3.84. The first-order valence-corrected chi connectivity index (χ1v) is 18.6. The molecule has 6 aromatic rings. The summed E-state index contributed by atoms with van der Waals surface area (Å²) in [5, 5.41) is 29.6. The zero-order valence-corrected chi connectivity index (χ0v) is 31.2. The lowest BCUT2D eigenvalue weighted by atomic mass is 9.98. The molecule has 4 N–H and O–H groups in total. The van der Waals surface area contributed by atoms with Crippen molar-refractivity contribution in [3.05, 3.63) is 152 Å². The molecule has 0 unspecified atom stereocenters. The maximum atomic E-state index is 12.7. The van der Waals surface area contributed by atoms with Gasteiger partial charge in [0.25, 0.3) is 11.8 Å². The van der Waals surface area contributed by atoms with Gasteiger partial charge in [-0.25, -0.2) is 9.97 Å². The van der Waals surface area contributed by atoms with Gasteiger partial charge in [-0.15, -0.1) is 22.7 Å². The molecule has 0 spiro atoms. The fourth-order valence-corrected chi connectivity index (χ4v) is 7.48. The van der Waals surface area contributed by atoms with Crippen LogP contribution in [0.5, 0.6) is 0 Å². The second-order valence-corrected chi connectivity index (χ2v) is 14.1. The summed E-state index contributed by atoms with van der Waals surface area (Å²) in [5.74, 6) is -2.82. The van der Waals surface area contributed by atoms with Gasteiger partial charge in [-0.05, 0) is 35.7 Å². The molecule has 0 aliphatic carbocycles. The molecule has 0 saturated carbocycles. The summed E-state index contributed by atoms with van der Waals surface area (Å²) in [4.78, 5) is 56.3. The van der Waals surface area contributed by atoms with E-state index >= 15 is 0 Å². The fraction of sp³-hybridized carbons (Fsp3) is 0.128. The molecule has 6 rings (SSSR count). The summed E-state index contributed by atoms with van der Waals surface area (Å²) in [6, 6.07) is 29.7. The van der Waals surface area contributed by atoms with Crippen LogP contribution in [-0.2, 0) is 9.59 Å². The molecule has 2 atom stereocenters. The standard InChI is InChI=1S/C20H17ClN2O3S.C19H15ClN2O3S/c1-12-6-2-3-7-13(12)16(10-18(24)25)22-19(26)17-11-27-20(23-17)14-8-4-5-9-15(14)21;20-14-9-5-4-8-13(14)19-22-16(11-26-19)18(25)21-15(10-17(23)24)12-6-2-1-3-7-12/h2-9,11,16H,10H2,1H3,(H,22,26)(H,24,25);1-9,11,15H,10H2,(H,21,25)(H,23,24)/t16-;15-/m00/s1. The number of hydrogen-bond acceptors (Lipinski definition) is 8. The van der Waals surface area contributed by atoms with Gasteiger partial charge in [0.15, 0.2) is 0 Å². The van der Waals surface area contributed by atoms with Gasteiger partial charge in [0.1, 0.15) is 21.4 Å². The molecule has 0 fully saturated rings. The number of nitrogens with one attached hydrogen (secondary N) is 2. The van der Waals surface area contributed by atoms with Crippen molar-refractivity contribution in [2.75, 3.05) is 0 Å². The lowest BCUT2D eigenvalue weighted by molar-refractivity contribution is -0.138. The molecule has 0 aliphatic heterocycles. The van der Waals surface area contributed by atoms with Gasteiger partial charge in [0, 0.05) is 21.9 Å². The predicted molar refractivity (Wildman–Crippen MR) is 208 cm³/mol. The van der Waals surface area contributed by atoms with Crippen LogP contribution in [0, 0.1) is 6.92 Å². The Morgan fingerprint density at radius 2 is 1.06 bits per heavy atom. The van der Waals surface area contributed by atoms with Gasteiger partial charge < -0.3 is 20.8 Å². The highest BCUT2D eigenvalue weighted by Gasteiger charge is 2.23. The molecule has 4 aromatic carbocycles. The van der Waals surface area contributed by atoms with Crippen LogP contribution in [0.3, 0.4) is 0 Å². The summed E-state index contributed by atoms with van der Waals surface area (Å²) in [5.41, 5.74) is 4.39. The molecule has 2 aromatic heterocycles. The van der Waals surface area contributed by atoms with Crippen LogP contribution in [0.2, 0.25) is 10.0 Å². The maximum Gasteiger partial charge on any atom is 0.305 e. The molecular formula is C39H32Cl2N4O6S2. The molecule has 0 saturated heterocycles. The van der Waals surface area contributed by atoms with E-state index in [0.717, 1.165) is 27.8 Å². The topological polar surface area (TPSA) is 159 Å². The Kier molecular flexibility index (Phi) is 13.5. The van der Waals surface area contributed by atoms with E-state index in [1.54, 1.807) is 47.2 Å². The minimum absolute atomic E-state index is 0.210. The second kappa shape index (κ2) is 18.4. The Bertz CT molecular complexity index is 2230. The van der Waals surface area contributed by atoms with E-state index < -0.39 is 35.8 Å². The van der Waals surface area contributed by atoms with E-state index in [9.17, 15) is 24.3 Å². The number of carboxylic acid groups (broad SMARTS) is 2. The van der Waals surface area contributed by atoms with Gasteiger partial charge in [-0.1, -0.05) is 114 Å². The summed E-state index contributed by atoms with van der Waals surface area (Å²) < 4.78 is 0. The monoisotopic (exact) mass is 786 g/mol. The number of halogens is 2. The zero-order valence-electron chi connectivity index (χ0n) is 28.0. The summed E-state index contributed by atoms with van der Waals surface area (Å²) >= 11 is 15.0. The lowest BCUT2D eigenvalue weighted by Gasteiger charge is -2.18. The third-order valence-corrected chi connectivity index (χ3v) is 10.2. The third-order valence-electron chi connectivity index (χ3n) is 7.82. The molecule has 53 heavy (non-hydrogen) atoms. The van der Waals surface area contributed by atoms with Gasteiger partial charge >= 0.3 is 11.9 Å². The summed E-state index contributed by atoms with van der Waals surface area (Å²) in [7, 11) is 0. The molecule has 0 bridgehead atoms. The van der Waals surface area contributed by atoms with E-state index in [-0.39, 0.29) is 24.2 Å². The number of amides is 2. The first kappa shape index (κ1) is 38.8. The lowest BCUT2D eigenvalue weighted by Crippen LogP contribution is -2.30. The van der Waals surface area contributed by atoms with Crippen LogP contribution < -0.4 is 10.6 Å². The van der Waals surface area contributed by atoms with Crippen molar-refractivity contribution < 1.29 is 29.4 Å². The Labute approximate surface area is 323 Å². The van der Waals surface area contributed by atoms with Gasteiger partial charge in [0.05, 0.1) is 35.0 Å². The number of nitrogens with zero attached hydrogens (tertiary/aromatic N) is 2. The molecular weight excluding hydrogens is 755 g/mol. The smallest absolute Gasteiger partial charge is 0.305 e. The first-order valence-electron chi connectivity index (χ1n) is 16.1. The predicted octanol–water partition coefficient (Wildman–Crippen LogP) is 9.13. The molecule has 2 heterocycles. The van der Waals surface area contributed by atoms with Crippen molar-refractivity contribution in [1.29, 1.82) is 0 Å². The number of thiazole rings is 2. The van der Waals surface area contributed by atoms with Crippen molar-refractivity contribution in [3.8, 4) is 21.1 Å². The van der Waals surface area contributed by atoms with Gasteiger partial charge in [-0.2, -0.15) is 0 Å². The number of rotatable bonds is 12. The summed E-state index contributed by atoms with van der Waals surface area (Å²) in [6.45, 7) is 1.88. The van der Waals surface area contributed by atoms with Crippen molar-refractivity contribution in [2.45, 2.75) is 31.8 Å². The SMILES string of the molecule is Cc1ccccc1[C@H](CC(=O)O)NC(=O)c1csc(-c2ccccc2Cl)n1.O=C(O)C[C@H](NC(=O)c1csc(-c2ccccc2Cl)n1)c1ccccc1. The summed E-state index contributed by atoms with van der Waals surface area (Å²) in [6.07, 6.45) is -0.421. The van der Waals surface area contributed by atoms with Crippen LogP contribution in [0.25, 0.3) is 21.1 Å². The number of carbonyl (C=O) groups excluding carboxylic acids is 2. The number of carboxylic acids is 2. The number of aromatic nitrogens is 2. The van der Waals surface area contributed by atoms with Crippen LogP contribution in [0.15, 0.2) is 114 Å². The highest BCUT2D eigenvalue weighted by molar-refractivity contribution is 7.13. The molecule has 270 valence electrons. The fourth-order valence-electron chi connectivity index (χ4n) is 5.24. The van der Waals surface area contributed by atoms with Gasteiger partial charge in [-0.3, -0.25) is 19.2 Å². The molecule has 0 radical (unpaired) electrons. The highest BCUT2D eigenvalue weighted by atomic mass is 35.5. The van der Waals surface area contributed by atoms with E-state index in [1.807, 2.05) is 73.7 Å². The minimum Gasteiger partial charge on any atom is -0.481 e. The van der Waals surface area contributed by atoms with E-state index in [0.29, 0.717) is 20.1 Å².